The molecule has 1 atom stereocenters. The van der Waals surface area contributed by atoms with Gasteiger partial charge in [-0.1, -0.05) is 12.1 Å². The second kappa shape index (κ2) is 7.02. The van der Waals surface area contributed by atoms with Gasteiger partial charge in [0.1, 0.15) is 11.6 Å². The second-order valence-electron chi connectivity index (χ2n) is 7.17. The van der Waals surface area contributed by atoms with Crippen LogP contribution in [0.15, 0.2) is 24.3 Å². The zero-order chi connectivity index (χ0) is 18.1. The SMILES string of the molecule is COc1ccccc1N1CCN(C(=O)C2CCc3nc(C)[nH]c3C2)CC1. The van der Waals surface area contributed by atoms with Crippen LogP contribution in [0.3, 0.4) is 0 Å². The Kier molecular flexibility index (Phi) is 4.57. The Morgan fingerprint density at radius 1 is 1.23 bits per heavy atom. The van der Waals surface area contributed by atoms with Crippen molar-refractivity contribution in [3.8, 4) is 5.75 Å². The maximum Gasteiger partial charge on any atom is 0.226 e. The van der Waals surface area contributed by atoms with Gasteiger partial charge in [0.05, 0.1) is 18.5 Å². The van der Waals surface area contributed by atoms with E-state index >= 15 is 0 Å². The normalized spacial score (nSPS) is 20.0. The van der Waals surface area contributed by atoms with Crippen molar-refractivity contribution < 1.29 is 9.53 Å². The third kappa shape index (κ3) is 3.16. The van der Waals surface area contributed by atoms with Crippen LogP contribution >= 0.6 is 0 Å². The molecule has 1 aliphatic heterocycles. The highest BCUT2D eigenvalue weighted by Crippen LogP contribution is 2.29. The fourth-order valence-electron chi connectivity index (χ4n) is 4.15. The summed E-state index contributed by atoms with van der Waals surface area (Å²) in [4.78, 5) is 25.2. The van der Waals surface area contributed by atoms with Crippen molar-refractivity contribution in [1.29, 1.82) is 0 Å². The molecule has 0 spiro atoms. The van der Waals surface area contributed by atoms with Gasteiger partial charge in [0.2, 0.25) is 5.91 Å². The average Bonchev–Trinajstić information content (AvgIpc) is 3.06. The number of carbonyl (C=O) groups is 1. The van der Waals surface area contributed by atoms with E-state index in [0.717, 1.165) is 74.1 Å². The van der Waals surface area contributed by atoms with Crippen molar-refractivity contribution in [2.24, 2.45) is 5.92 Å². The number of piperazine rings is 1. The van der Waals surface area contributed by atoms with Gasteiger partial charge in [-0.05, 0) is 31.9 Å². The number of benzene rings is 1. The summed E-state index contributed by atoms with van der Waals surface area (Å²) in [5.41, 5.74) is 3.41. The molecule has 138 valence electrons. The van der Waals surface area contributed by atoms with Gasteiger partial charge >= 0.3 is 0 Å². The van der Waals surface area contributed by atoms with Crippen LogP contribution in [-0.4, -0.2) is 54.1 Å². The minimum Gasteiger partial charge on any atom is -0.495 e. The highest BCUT2D eigenvalue weighted by atomic mass is 16.5. The van der Waals surface area contributed by atoms with Crippen LogP contribution in [0.2, 0.25) is 0 Å². The van der Waals surface area contributed by atoms with Crippen LogP contribution in [0, 0.1) is 12.8 Å². The molecule has 1 saturated heterocycles. The zero-order valence-electron chi connectivity index (χ0n) is 15.5. The molecule has 2 aromatic rings. The van der Waals surface area contributed by atoms with Gasteiger partial charge < -0.3 is 19.5 Å². The number of methoxy groups -OCH3 is 1. The number of hydrogen-bond donors (Lipinski definition) is 1. The van der Waals surface area contributed by atoms with Gasteiger partial charge in [-0.15, -0.1) is 0 Å². The molecule has 1 N–H and O–H groups in total. The molecule has 0 saturated carbocycles. The Labute approximate surface area is 154 Å². The number of nitrogens with one attached hydrogen (secondary N) is 1. The lowest BCUT2D eigenvalue weighted by Crippen LogP contribution is -2.51. The topological polar surface area (TPSA) is 61.5 Å². The molecule has 0 radical (unpaired) electrons. The zero-order valence-corrected chi connectivity index (χ0v) is 15.5. The summed E-state index contributed by atoms with van der Waals surface area (Å²) < 4.78 is 5.47. The number of fused-ring (bicyclic) bond motifs is 1. The fourth-order valence-corrected chi connectivity index (χ4v) is 4.15. The molecule has 1 fully saturated rings. The summed E-state index contributed by atoms with van der Waals surface area (Å²) in [5.74, 6) is 2.22. The van der Waals surface area contributed by atoms with Crippen molar-refractivity contribution >= 4 is 11.6 Å². The molecule has 26 heavy (non-hydrogen) atoms. The Hall–Kier alpha value is -2.50. The first-order valence-corrected chi connectivity index (χ1v) is 9.37. The van der Waals surface area contributed by atoms with E-state index in [-0.39, 0.29) is 5.92 Å². The monoisotopic (exact) mass is 354 g/mol. The number of aryl methyl sites for hydroxylation is 2. The van der Waals surface area contributed by atoms with Crippen molar-refractivity contribution in [3.63, 3.8) is 0 Å². The van der Waals surface area contributed by atoms with E-state index in [9.17, 15) is 4.79 Å². The lowest BCUT2D eigenvalue weighted by atomic mass is 9.88. The molecule has 1 aromatic heterocycles. The van der Waals surface area contributed by atoms with E-state index in [0.29, 0.717) is 5.91 Å². The predicted molar refractivity (Wildman–Crippen MR) is 101 cm³/mol. The van der Waals surface area contributed by atoms with Crippen LogP contribution in [0.1, 0.15) is 23.6 Å². The summed E-state index contributed by atoms with van der Waals surface area (Å²) in [7, 11) is 1.70. The number of aromatic nitrogens is 2. The molecular weight excluding hydrogens is 328 g/mol. The molecule has 1 unspecified atom stereocenters. The summed E-state index contributed by atoms with van der Waals surface area (Å²) in [6, 6.07) is 8.08. The van der Waals surface area contributed by atoms with Crippen molar-refractivity contribution in [2.45, 2.75) is 26.2 Å². The van der Waals surface area contributed by atoms with E-state index in [1.807, 2.05) is 30.0 Å². The number of anilines is 1. The first kappa shape index (κ1) is 16.9. The van der Waals surface area contributed by atoms with E-state index < -0.39 is 0 Å². The van der Waals surface area contributed by atoms with Gasteiger partial charge in [0.25, 0.3) is 0 Å². The van der Waals surface area contributed by atoms with Gasteiger partial charge in [0, 0.05) is 44.2 Å². The Balaban J connectivity index is 1.38. The Morgan fingerprint density at radius 2 is 2.00 bits per heavy atom. The summed E-state index contributed by atoms with van der Waals surface area (Å²) >= 11 is 0. The number of ether oxygens (including phenoxy) is 1. The molecule has 6 nitrogen and oxygen atoms in total. The van der Waals surface area contributed by atoms with Crippen molar-refractivity contribution in [2.75, 3.05) is 38.2 Å². The van der Waals surface area contributed by atoms with Crippen molar-refractivity contribution in [1.82, 2.24) is 14.9 Å². The maximum atomic E-state index is 13.0. The number of rotatable bonds is 3. The molecule has 2 aliphatic rings. The minimum atomic E-state index is 0.0835. The lowest BCUT2D eigenvalue weighted by molar-refractivity contribution is -0.136. The number of carbonyl (C=O) groups excluding carboxylic acids is 1. The second-order valence-corrected chi connectivity index (χ2v) is 7.17. The van der Waals surface area contributed by atoms with Crippen LogP contribution in [0.4, 0.5) is 5.69 Å². The maximum absolute atomic E-state index is 13.0. The van der Waals surface area contributed by atoms with E-state index in [4.69, 9.17) is 4.74 Å². The minimum absolute atomic E-state index is 0.0835. The van der Waals surface area contributed by atoms with Gasteiger partial charge in [-0.2, -0.15) is 0 Å². The third-order valence-corrected chi connectivity index (χ3v) is 5.53. The number of amides is 1. The smallest absolute Gasteiger partial charge is 0.226 e. The molecule has 2 heterocycles. The number of aromatic amines is 1. The summed E-state index contributed by atoms with van der Waals surface area (Å²) in [6.45, 7) is 5.19. The first-order chi connectivity index (χ1) is 12.7. The molecule has 6 heteroatoms. The molecule has 1 amide bonds. The van der Waals surface area contributed by atoms with Crippen LogP contribution in [0.5, 0.6) is 5.75 Å². The average molecular weight is 354 g/mol. The quantitative estimate of drug-likeness (QED) is 0.918. The van der Waals surface area contributed by atoms with E-state index in [1.54, 1.807) is 7.11 Å². The Morgan fingerprint density at radius 3 is 2.77 bits per heavy atom. The van der Waals surface area contributed by atoms with Gasteiger partial charge in [0.15, 0.2) is 0 Å². The van der Waals surface area contributed by atoms with E-state index in [2.05, 4.69) is 20.9 Å². The van der Waals surface area contributed by atoms with Gasteiger partial charge in [-0.25, -0.2) is 4.98 Å². The standard InChI is InChI=1S/C20H26N4O2/c1-14-21-16-8-7-15(13-17(16)22-14)20(25)24-11-9-23(10-12-24)18-5-3-4-6-19(18)26-2/h3-6,15H,7-13H2,1-2H3,(H,21,22). The molecule has 1 aliphatic carbocycles. The first-order valence-electron chi connectivity index (χ1n) is 9.37. The summed E-state index contributed by atoms with van der Waals surface area (Å²) in [6.07, 6.45) is 2.60. The predicted octanol–water partition coefficient (Wildman–Crippen LogP) is 2.18. The third-order valence-electron chi connectivity index (χ3n) is 5.53. The largest absolute Gasteiger partial charge is 0.495 e. The van der Waals surface area contributed by atoms with Crippen LogP contribution < -0.4 is 9.64 Å². The molecule has 4 rings (SSSR count). The van der Waals surface area contributed by atoms with Crippen LogP contribution in [-0.2, 0) is 17.6 Å². The molecular formula is C20H26N4O2. The molecule has 0 bridgehead atoms. The fraction of sp³-hybridized carbons (Fsp3) is 0.500. The number of H-pyrrole nitrogens is 1. The van der Waals surface area contributed by atoms with Crippen LogP contribution in [0.25, 0.3) is 0 Å². The Bertz CT molecular complexity index is 793. The number of hydrogen-bond acceptors (Lipinski definition) is 4. The number of imidazole rings is 1. The summed E-state index contributed by atoms with van der Waals surface area (Å²) in [5, 5.41) is 0. The lowest BCUT2D eigenvalue weighted by Gasteiger charge is -2.38. The van der Waals surface area contributed by atoms with E-state index in [1.165, 1.54) is 0 Å². The van der Waals surface area contributed by atoms with Crippen molar-refractivity contribution in [3.05, 3.63) is 41.5 Å². The number of nitrogens with zero attached hydrogens (tertiary/aromatic N) is 3. The van der Waals surface area contributed by atoms with Gasteiger partial charge in [-0.3, -0.25) is 4.79 Å². The molecule has 1 aromatic carbocycles. The number of para-hydroxylation sites is 2. The highest BCUT2D eigenvalue weighted by molar-refractivity contribution is 5.80. The highest BCUT2D eigenvalue weighted by Gasteiger charge is 2.31.